The van der Waals surface area contributed by atoms with Crippen molar-refractivity contribution in [3.8, 4) is 11.5 Å². The van der Waals surface area contributed by atoms with Crippen LogP contribution in [0.4, 0.5) is 0 Å². The van der Waals surface area contributed by atoms with Gasteiger partial charge in [0.05, 0.1) is 18.1 Å². The lowest BCUT2D eigenvalue weighted by Crippen LogP contribution is -2.58. The molecule has 0 radical (unpaired) electrons. The lowest BCUT2D eigenvalue weighted by Gasteiger charge is -2.44. The molecule has 108 valence electrons. The zero-order chi connectivity index (χ0) is 14.0. The van der Waals surface area contributed by atoms with E-state index in [0.717, 1.165) is 30.9 Å². The van der Waals surface area contributed by atoms with E-state index in [1.165, 1.54) is 11.1 Å². The molecular weight excluding hydrogens is 266 g/mol. The highest BCUT2D eigenvalue weighted by atomic mass is 16.5. The largest absolute Gasteiger partial charge is 0.493 e. The van der Waals surface area contributed by atoms with Gasteiger partial charge in [0.25, 0.3) is 0 Å². The molecule has 2 saturated heterocycles. The van der Waals surface area contributed by atoms with Gasteiger partial charge < -0.3 is 14.6 Å². The van der Waals surface area contributed by atoms with Gasteiger partial charge in [-0.3, -0.25) is 4.90 Å². The topological polar surface area (TPSA) is 41.7 Å². The normalized spacial score (nSPS) is 49.4. The van der Waals surface area contributed by atoms with Crippen LogP contribution in [0.15, 0.2) is 24.3 Å². The highest BCUT2D eigenvalue weighted by Crippen LogP contribution is 2.73. The van der Waals surface area contributed by atoms with Crippen LogP contribution in [-0.4, -0.2) is 47.4 Å². The molecule has 21 heavy (non-hydrogen) atoms. The summed E-state index contributed by atoms with van der Waals surface area (Å²) in [5.41, 5.74) is 2.75. The van der Waals surface area contributed by atoms with E-state index in [4.69, 9.17) is 9.47 Å². The van der Waals surface area contributed by atoms with E-state index < -0.39 is 6.10 Å². The number of piperidine rings is 1. The lowest BCUT2D eigenvalue weighted by molar-refractivity contribution is 0.0148. The third-order valence-electron chi connectivity index (χ3n) is 6.63. The van der Waals surface area contributed by atoms with E-state index in [9.17, 15) is 5.11 Å². The summed E-state index contributed by atoms with van der Waals surface area (Å²) in [7, 11) is 1.69. The molecule has 1 aromatic rings. The summed E-state index contributed by atoms with van der Waals surface area (Å²) in [6, 6.07) is 4.80. The summed E-state index contributed by atoms with van der Waals surface area (Å²) in [6.45, 7) is 1.11. The first kappa shape index (κ1) is 11.1. The predicted molar refractivity (Wildman–Crippen MR) is 75.8 cm³/mol. The maximum Gasteiger partial charge on any atom is 0.166 e. The van der Waals surface area contributed by atoms with E-state index in [1.54, 1.807) is 7.11 Å². The molecule has 2 fully saturated rings. The summed E-state index contributed by atoms with van der Waals surface area (Å²) in [5, 5.41) is 10.5. The number of hydrogen-bond donors (Lipinski definition) is 1. The molecular formula is C17H17NO3. The van der Waals surface area contributed by atoms with Crippen molar-refractivity contribution in [3.05, 3.63) is 35.4 Å². The van der Waals surface area contributed by atoms with Crippen LogP contribution in [0.25, 0.3) is 0 Å². The molecule has 5 aliphatic rings. The van der Waals surface area contributed by atoms with Crippen LogP contribution in [0.1, 0.15) is 17.5 Å². The maximum absolute atomic E-state index is 10.5. The SMILES string of the molecule is COc1ccc2c3c1O[C@H]1[C@@H](O)C=C[C@]45[C@@H](C2)N4CC[C@]315. The van der Waals surface area contributed by atoms with Gasteiger partial charge in [0.1, 0.15) is 12.2 Å². The Bertz CT molecular complexity index is 729. The van der Waals surface area contributed by atoms with Gasteiger partial charge in [-0.05, 0) is 24.5 Å². The van der Waals surface area contributed by atoms with Gasteiger partial charge in [-0.2, -0.15) is 0 Å². The molecule has 2 spiro atoms. The molecule has 6 rings (SSSR count). The highest BCUT2D eigenvalue weighted by molar-refractivity contribution is 5.68. The van der Waals surface area contributed by atoms with Gasteiger partial charge in [0.15, 0.2) is 11.5 Å². The summed E-state index contributed by atoms with van der Waals surface area (Å²) in [6.07, 6.45) is 5.69. The number of benzene rings is 1. The summed E-state index contributed by atoms with van der Waals surface area (Å²) >= 11 is 0. The molecule has 0 amide bonds. The van der Waals surface area contributed by atoms with Crippen LogP contribution >= 0.6 is 0 Å². The third-order valence-corrected chi connectivity index (χ3v) is 6.63. The minimum atomic E-state index is -0.528. The number of aliphatic hydroxyl groups is 1. The monoisotopic (exact) mass is 283 g/mol. The molecule has 0 saturated carbocycles. The smallest absolute Gasteiger partial charge is 0.166 e. The Balaban J connectivity index is 1.74. The molecule has 3 aliphatic heterocycles. The minimum absolute atomic E-state index is 0.0662. The highest BCUT2D eigenvalue weighted by Gasteiger charge is 2.83. The summed E-state index contributed by atoms with van der Waals surface area (Å²) in [5.74, 6) is 1.69. The van der Waals surface area contributed by atoms with Crippen molar-refractivity contribution in [2.45, 2.75) is 42.0 Å². The molecule has 4 heteroatoms. The average molecular weight is 283 g/mol. The van der Waals surface area contributed by atoms with Gasteiger partial charge >= 0.3 is 0 Å². The Morgan fingerprint density at radius 3 is 3.19 bits per heavy atom. The number of ether oxygens (including phenoxy) is 2. The number of aliphatic hydroxyl groups excluding tert-OH is 1. The summed E-state index contributed by atoms with van der Waals surface area (Å²) < 4.78 is 11.8. The molecule has 0 bridgehead atoms. The second-order valence-electron chi connectivity index (χ2n) is 6.98. The van der Waals surface area contributed by atoms with E-state index in [0.29, 0.717) is 6.04 Å². The number of methoxy groups -OCH3 is 1. The van der Waals surface area contributed by atoms with E-state index in [2.05, 4.69) is 17.0 Å². The molecule has 3 heterocycles. The zero-order valence-electron chi connectivity index (χ0n) is 11.9. The van der Waals surface area contributed by atoms with E-state index in [1.807, 2.05) is 12.1 Å². The molecule has 2 aliphatic carbocycles. The zero-order valence-corrected chi connectivity index (χ0v) is 11.9. The van der Waals surface area contributed by atoms with Gasteiger partial charge in [-0.1, -0.05) is 18.2 Å². The molecule has 6 atom stereocenters. The Kier molecular flexibility index (Phi) is 1.58. The van der Waals surface area contributed by atoms with Crippen molar-refractivity contribution in [2.75, 3.05) is 13.7 Å². The average Bonchev–Trinajstić information content (AvgIpc) is 2.81. The van der Waals surface area contributed by atoms with Crippen LogP contribution < -0.4 is 9.47 Å². The van der Waals surface area contributed by atoms with Crippen molar-refractivity contribution in [1.82, 2.24) is 4.90 Å². The second kappa shape index (κ2) is 2.99. The van der Waals surface area contributed by atoms with Crippen molar-refractivity contribution >= 4 is 0 Å². The second-order valence-corrected chi connectivity index (χ2v) is 6.98. The third kappa shape index (κ3) is 0.858. The number of hydrogen-bond acceptors (Lipinski definition) is 4. The summed E-state index contributed by atoms with van der Waals surface area (Å²) in [4.78, 5) is 2.60. The van der Waals surface area contributed by atoms with Gasteiger partial charge in [0.2, 0.25) is 0 Å². The standard InChI is InChI=1S/C17H17NO3/c1-20-11-3-2-9-8-12-17-5-4-10(19)15-16(17,6-7-18(12)17)13(9)14(11)21-15/h2-5,10,12,15,19H,6-8H2,1H3/t10-,12+,15-,16-,17+,18?/m0/s1. The quantitative estimate of drug-likeness (QED) is 0.617. The van der Waals surface area contributed by atoms with Crippen LogP contribution in [0.5, 0.6) is 11.5 Å². The fraction of sp³-hybridized carbons (Fsp3) is 0.529. The molecule has 4 nitrogen and oxygen atoms in total. The fourth-order valence-corrected chi connectivity index (χ4v) is 5.96. The number of nitrogens with zero attached hydrogens (tertiary/aromatic N) is 1. The van der Waals surface area contributed by atoms with Crippen LogP contribution in [-0.2, 0) is 11.8 Å². The predicted octanol–water partition coefficient (Wildman–Crippen LogP) is 1.01. The number of fused-ring (bicyclic) bond motifs is 1. The molecule has 1 aromatic carbocycles. The Morgan fingerprint density at radius 1 is 1.43 bits per heavy atom. The Hall–Kier alpha value is -1.52. The van der Waals surface area contributed by atoms with Crippen LogP contribution in [0.2, 0.25) is 0 Å². The van der Waals surface area contributed by atoms with Gasteiger partial charge in [-0.25, -0.2) is 0 Å². The first-order chi connectivity index (χ1) is 10.2. The van der Waals surface area contributed by atoms with Crippen molar-refractivity contribution in [2.24, 2.45) is 0 Å². The van der Waals surface area contributed by atoms with Crippen LogP contribution in [0, 0.1) is 0 Å². The van der Waals surface area contributed by atoms with Crippen molar-refractivity contribution in [1.29, 1.82) is 0 Å². The van der Waals surface area contributed by atoms with E-state index in [-0.39, 0.29) is 17.1 Å². The minimum Gasteiger partial charge on any atom is -0.493 e. The maximum atomic E-state index is 10.5. The van der Waals surface area contributed by atoms with Crippen molar-refractivity contribution in [3.63, 3.8) is 0 Å². The Morgan fingerprint density at radius 2 is 2.33 bits per heavy atom. The van der Waals surface area contributed by atoms with Gasteiger partial charge in [-0.15, -0.1) is 0 Å². The van der Waals surface area contributed by atoms with Crippen LogP contribution in [0.3, 0.4) is 0 Å². The molecule has 0 aromatic heterocycles. The van der Waals surface area contributed by atoms with Crippen molar-refractivity contribution < 1.29 is 14.6 Å². The fourth-order valence-electron chi connectivity index (χ4n) is 5.96. The molecule has 1 unspecified atom stereocenters. The first-order valence-electron chi connectivity index (χ1n) is 7.75. The van der Waals surface area contributed by atoms with Gasteiger partial charge in [0, 0.05) is 18.2 Å². The van der Waals surface area contributed by atoms with E-state index >= 15 is 0 Å². The Labute approximate surface area is 123 Å². The first-order valence-corrected chi connectivity index (χ1v) is 7.75. The molecule has 1 N–H and O–H groups in total. The lowest BCUT2D eigenvalue weighted by atomic mass is 9.57. The number of rotatable bonds is 1.